The number of hydrogen-bond donors (Lipinski definition) is 2. The predicted molar refractivity (Wildman–Crippen MR) is 91.0 cm³/mol. The van der Waals surface area contributed by atoms with Gasteiger partial charge in [0.2, 0.25) is 0 Å². The first-order valence-electron chi connectivity index (χ1n) is 8.42. The maximum atomic E-state index is 10.4. The van der Waals surface area contributed by atoms with E-state index in [9.17, 15) is 5.11 Å². The minimum absolute atomic E-state index is 0.0964. The van der Waals surface area contributed by atoms with Crippen molar-refractivity contribution in [3.8, 4) is 5.75 Å². The van der Waals surface area contributed by atoms with Gasteiger partial charge in [-0.05, 0) is 63.3 Å². The topological polar surface area (TPSA) is 58.7 Å². The van der Waals surface area contributed by atoms with E-state index < -0.39 is 6.10 Å². The zero-order chi connectivity index (χ0) is 16.1. The minimum atomic E-state index is -0.465. The summed E-state index contributed by atoms with van der Waals surface area (Å²) >= 11 is 0. The molecule has 124 valence electrons. The highest BCUT2D eigenvalue weighted by Crippen LogP contribution is 2.28. The lowest BCUT2D eigenvalue weighted by molar-refractivity contribution is 0.122. The van der Waals surface area contributed by atoms with Crippen LogP contribution in [0.4, 0.5) is 5.69 Å². The summed E-state index contributed by atoms with van der Waals surface area (Å²) in [6.45, 7) is 9.49. The molecule has 0 amide bonds. The molecule has 0 aromatic heterocycles. The number of hydrogen-bond acceptors (Lipinski definition) is 4. The van der Waals surface area contributed by atoms with Crippen LogP contribution in [0.5, 0.6) is 5.75 Å². The Balaban J connectivity index is 1.89. The van der Waals surface area contributed by atoms with E-state index >= 15 is 0 Å². The van der Waals surface area contributed by atoms with Gasteiger partial charge in [-0.1, -0.05) is 13.0 Å². The van der Waals surface area contributed by atoms with Gasteiger partial charge in [0.15, 0.2) is 0 Å². The molecule has 0 radical (unpaired) electrons. The molecular formula is C18H30N2O2. The SMILES string of the molecule is CC1CCCN(CCC(O)c2ccc(OC(C)C)c(N)c2)C1. The van der Waals surface area contributed by atoms with Crippen LogP contribution in [0.2, 0.25) is 0 Å². The third-order valence-electron chi connectivity index (χ3n) is 4.24. The lowest BCUT2D eigenvalue weighted by atomic mass is 9.99. The molecule has 4 heteroatoms. The van der Waals surface area contributed by atoms with Crippen molar-refractivity contribution in [2.45, 2.75) is 52.2 Å². The van der Waals surface area contributed by atoms with E-state index in [1.807, 2.05) is 32.0 Å². The number of nitrogens with two attached hydrogens (primary N) is 1. The van der Waals surface area contributed by atoms with Gasteiger partial charge in [0.05, 0.1) is 17.9 Å². The van der Waals surface area contributed by atoms with E-state index in [0.29, 0.717) is 11.4 Å². The summed E-state index contributed by atoms with van der Waals surface area (Å²) in [5, 5.41) is 10.4. The quantitative estimate of drug-likeness (QED) is 0.792. The smallest absolute Gasteiger partial charge is 0.142 e. The molecule has 1 aromatic carbocycles. The summed E-state index contributed by atoms with van der Waals surface area (Å²) in [7, 11) is 0. The summed E-state index contributed by atoms with van der Waals surface area (Å²) < 4.78 is 5.63. The summed E-state index contributed by atoms with van der Waals surface area (Å²) in [5.74, 6) is 1.46. The van der Waals surface area contributed by atoms with E-state index in [-0.39, 0.29) is 6.10 Å². The van der Waals surface area contributed by atoms with Gasteiger partial charge in [-0.25, -0.2) is 0 Å². The number of rotatable bonds is 6. The average molecular weight is 306 g/mol. The van der Waals surface area contributed by atoms with E-state index in [2.05, 4.69) is 11.8 Å². The summed E-state index contributed by atoms with van der Waals surface area (Å²) in [6, 6.07) is 5.61. The van der Waals surface area contributed by atoms with Crippen molar-refractivity contribution in [3.63, 3.8) is 0 Å². The van der Waals surface area contributed by atoms with Crippen molar-refractivity contribution in [1.82, 2.24) is 4.90 Å². The van der Waals surface area contributed by atoms with Gasteiger partial charge in [0.1, 0.15) is 5.75 Å². The molecule has 2 unspecified atom stereocenters. The fraction of sp³-hybridized carbons (Fsp3) is 0.667. The molecule has 1 saturated heterocycles. The van der Waals surface area contributed by atoms with Crippen LogP contribution >= 0.6 is 0 Å². The van der Waals surface area contributed by atoms with Crippen molar-refractivity contribution in [2.24, 2.45) is 5.92 Å². The van der Waals surface area contributed by atoms with Crippen LogP contribution in [0, 0.1) is 5.92 Å². The monoisotopic (exact) mass is 306 g/mol. The molecule has 0 aliphatic carbocycles. The van der Waals surface area contributed by atoms with Gasteiger partial charge in [-0.15, -0.1) is 0 Å². The lowest BCUT2D eigenvalue weighted by Crippen LogP contribution is -2.35. The van der Waals surface area contributed by atoms with Gasteiger partial charge in [0, 0.05) is 13.1 Å². The van der Waals surface area contributed by atoms with Crippen molar-refractivity contribution in [2.75, 3.05) is 25.4 Å². The number of piperidine rings is 1. The molecule has 1 fully saturated rings. The van der Waals surface area contributed by atoms with Gasteiger partial charge in [-0.2, -0.15) is 0 Å². The molecule has 1 aliphatic rings. The molecule has 0 bridgehead atoms. The third kappa shape index (κ3) is 4.89. The van der Waals surface area contributed by atoms with Crippen molar-refractivity contribution >= 4 is 5.69 Å². The number of anilines is 1. The normalized spacial score (nSPS) is 21.0. The van der Waals surface area contributed by atoms with Gasteiger partial charge in [0.25, 0.3) is 0 Å². The fourth-order valence-corrected chi connectivity index (χ4v) is 3.10. The van der Waals surface area contributed by atoms with Gasteiger partial charge < -0.3 is 20.5 Å². The Morgan fingerprint density at radius 3 is 2.82 bits per heavy atom. The third-order valence-corrected chi connectivity index (χ3v) is 4.24. The predicted octanol–water partition coefficient (Wildman–Crippen LogP) is 3.21. The molecule has 1 heterocycles. The number of aliphatic hydroxyl groups excluding tert-OH is 1. The van der Waals surface area contributed by atoms with Crippen molar-refractivity contribution in [1.29, 1.82) is 0 Å². The number of nitrogen functional groups attached to an aromatic ring is 1. The Hall–Kier alpha value is -1.26. The molecule has 1 aromatic rings. The van der Waals surface area contributed by atoms with Gasteiger partial charge >= 0.3 is 0 Å². The Bertz CT molecular complexity index is 476. The van der Waals surface area contributed by atoms with E-state index in [0.717, 1.165) is 37.5 Å². The zero-order valence-electron chi connectivity index (χ0n) is 14.1. The Morgan fingerprint density at radius 2 is 2.18 bits per heavy atom. The van der Waals surface area contributed by atoms with Crippen LogP contribution in [-0.2, 0) is 0 Å². The highest BCUT2D eigenvalue weighted by molar-refractivity contribution is 5.54. The first kappa shape index (κ1) is 17.1. The minimum Gasteiger partial charge on any atom is -0.489 e. The second kappa shape index (κ2) is 7.84. The Labute approximate surface area is 134 Å². The number of aliphatic hydroxyl groups is 1. The van der Waals surface area contributed by atoms with Crippen LogP contribution in [0.25, 0.3) is 0 Å². The van der Waals surface area contributed by atoms with Crippen LogP contribution < -0.4 is 10.5 Å². The molecular weight excluding hydrogens is 276 g/mol. The molecule has 0 saturated carbocycles. The largest absolute Gasteiger partial charge is 0.489 e. The van der Waals surface area contributed by atoms with Crippen LogP contribution in [-0.4, -0.2) is 35.7 Å². The van der Waals surface area contributed by atoms with Crippen LogP contribution in [0.15, 0.2) is 18.2 Å². The summed E-state index contributed by atoms with van der Waals surface area (Å²) in [5.41, 5.74) is 7.49. The van der Waals surface area contributed by atoms with Crippen molar-refractivity contribution < 1.29 is 9.84 Å². The lowest BCUT2D eigenvalue weighted by Gasteiger charge is -2.31. The molecule has 22 heavy (non-hydrogen) atoms. The summed E-state index contributed by atoms with van der Waals surface area (Å²) in [4.78, 5) is 2.46. The van der Waals surface area contributed by atoms with Gasteiger partial charge in [-0.3, -0.25) is 0 Å². The van der Waals surface area contributed by atoms with E-state index in [1.165, 1.54) is 12.8 Å². The van der Waals surface area contributed by atoms with Crippen LogP contribution in [0.1, 0.15) is 51.7 Å². The second-order valence-electron chi connectivity index (χ2n) is 6.82. The molecule has 2 atom stereocenters. The summed E-state index contributed by atoms with van der Waals surface area (Å²) in [6.07, 6.45) is 2.97. The maximum Gasteiger partial charge on any atom is 0.142 e. The standard InChI is InChI=1S/C18H30N2O2/c1-13(2)22-18-7-6-15(11-16(18)19)17(21)8-10-20-9-4-5-14(3)12-20/h6-7,11,13-14,17,21H,4-5,8-10,12,19H2,1-3H3. The van der Waals surface area contributed by atoms with Crippen molar-refractivity contribution in [3.05, 3.63) is 23.8 Å². The number of ether oxygens (including phenoxy) is 1. The Kier molecular flexibility index (Phi) is 6.09. The van der Waals surface area contributed by atoms with E-state index in [1.54, 1.807) is 0 Å². The highest BCUT2D eigenvalue weighted by Gasteiger charge is 2.18. The Morgan fingerprint density at radius 1 is 1.41 bits per heavy atom. The molecule has 3 N–H and O–H groups in total. The second-order valence-corrected chi connectivity index (χ2v) is 6.82. The molecule has 2 rings (SSSR count). The zero-order valence-corrected chi connectivity index (χ0v) is 14.1. The molecule has 1 aliphatic heterocycles. The average Bonchev–Trinajstić information content (AvgIpc) is 2.46. The highest BCUT2D eigenvalue weighted by atomic mass is 16.5. The first-order valence-corrected chi connectivity index (χ1v) is 8.42. The van der Waals surface area contributed by atoms with Crippen LogP contribution in [0.3, 0.4) is 0 Å². The number of nitrogens with zero attached hydrogens (tertiary/aromatic N) is 1. The molecule has 4 nitrogen and oxygen atoms in total. The number of likely N-dealkylation sites (tertiary alicyclic amines) is 1. The fourth-order valence-electron chi connectivity index (χ4n) is 3.10. The maximum absolute atomic E-state index is 10.4. The van der Waals surface area contributed by atoms with E-state index in [4.69, 9.17) is 10.5 Å². The molecule has 0 spiro atoms. The first-order chi connectivity index (χ1) is 10.5. The number of benzene rings is 1.